The summed E-state index contributed by atoms with van der Waals surface area (Å²) in [4.78, 5) is 33.9. The van der Waals surface area contributed by atoms with Gasteiger partial charge in [-0.1, -0.05) is 19.3 Å². The van der Waals surface area contributed by atoms with E-state index in [2.05, 4.69) is 19.5 Å². The molecule has 0 spiro atoms. The Morgan fingerprint density at radius 1 is 1.03 bits per heavy atom. The smallest absolute Gasteiger partial charge is 0.335 e. The molecule has 0 saturated heterocycles. The highest BCUT2D eigenvalue weighted by Gasteiger charge is 2.24. The van der Waals surface area contributed by atoms with Gasteiger partial charge in [0.15, 0.2) is 11.5 Å². The molecule has 29 heavy (non-hydrogen) atoms. The van der Waals surface area contributed by atoms with Crippen LogP contribution in [0.3, 0.4) is 0 Å². The van der Waals surface area contributed by atoms with Gasteiger partial charge in [0.2, 0.25) is 0 Å². The fraction of sp³-hybridized carbons (Fsp3) is 0.333. The number of imidazole rings is 1. The summed E-state index contributed by atoms with van der Waals surface area (Å²) in [6, 6.07) is 5.43. The average Bonchev–Trinajstić information content (AvgIpc) is 3.12. The number of carboxylic acids is 1. The standard InChI is InChI=1S/C21H20N6O2/c1-12-22-10-16-19(24-12)23-11-17(25-16)20-26-15-9-13(21(28)29)7-8-18(15)27(20)14-5-3-2-4-6-14/h7-11,14H,2-6H2,1H3,(H,28,29). The zero-order chi connectivity index (χ0) is 20.0. The lowest BCUT2D eigenvalue weighted by molar-refractivity contribution is 0.0697. The van der Waals surface area contributed by atoms with Gasteiger partial charge in [-0.2, -0.15) is 0 Å². The van der Waals surface area contributed by atoms with Gasteiger partial charge >= 0.3 is 5.97 Å². The van der Waals surface area contributed by atoms with Crippen LogP contribution in [-0.4, -0.2) is 40.6 Å². The number of hydrogen-bond donors (Lipinski definition) is 1. The number of rotatable bonds is 3. The highest BCUT2D eigenvalue weighted by molar-refractivity contribution is 5.93. The van der Waals surface area contributed by atoms with Crippen LogP contribution in [0, 0.1) is 6.92 Å². The van der Waals surface area contributed by atoms with Crippen LogP contribution in [0.1, 0.15) is 54.3 Å². The highest BCUT2D eigenvalue weighted by atomic mass is 16.4. The summed E-state index contributed by atoms with van der Waals surface area (Å²) in [6.07, 6.45) is 9.09. The molecule has 1 aromatic carbocycles. The van der Waals surface area contributed by atoms with E-state index in [4.69, 9.17) is 9.97 Å². The number of fused-ring (bicyclic) bond motifs is 2. The van der Waals surface area contributed by atoms with E-state index in [1.165, 1.54) is 19.3 Å². The Morgan fingerprint density at radius 2 is 1.86 bits per heavy atom. The van der Waals surface area contributed by atoms with Crippen LogP contribution < -0.4 is 0 Å². The van der Waals surface area contributed by atoms with Gasteiger partial charge in [-0.3, -0.25) is 0 Å². The van der Waals surface area contributed by atoms with Crippen molar-refractivity contribution in [3.63, 3.8) is 0 Å². The lowest BCUT2D eigenvalue weighted by Gasteiger charge is -2.25. The number of carbonyl (C=O) groups is 1. The molecule has 4 aromatic rings. The molecule has 0 unspecified atom stereocenters. The molecule has 1 aliphatic carbocycles. The maximum Gasteiger partial charge on any atom is 0.335 e. The van der Waals surface area contributed by atoms with Gasteiger partial charge in [0.25, 0.3) is 0 Å². The van der Waals surface area contributed by atoms with Gasteiger partial charge in [-0.15, -0.1) is 0 Å². The first kappa shape index (κ1) is 17.7. The molecule has 5 rings (SSSR count). The van der Waals surface area contributed by atoms with E-state index in [9.17, 15) is 9.90 Å². The number of aryl methyl sites for hydroxylation is 1. The maximum absolute atomic E-state index is 11.4. The second-order valence-electron chi connectivity index (χ2n) is 7.49. The van der Waals surface area contributed by atoms with Crippen molar-refractivity contribution in [3.8, 4) is 11.5 Å². The number of carboxylic acid groups (broad SMARTS) is 1. The molecule has 1 saturated carbocycles. The summed E-state index contributed by atoms with van der Waals surface area (Å²) in [5.74, 6) is 0.401. The monoisotopic (exact) mass is 388 g/mol. The third kappa shape index (κ3) is 3.10. The van der Waals surface area contributed by atoms with Gasteiger partial charge in [0, 0.05) is 6.04 Å². The van der Waals surface area contributed by atoms with E-state index in [0.29, 0.717) is 40.1 Å². The molecule has 0 atom stereocenters. The van der Waals surface area contributed by atoms with Crippen molar-refractivity contribution in [1.29, 1.82) is 0 Å². The van der Waals surface area contributed by atoms with Crippen LogP contribution in [0.15, 0.2) is 30.6 Å². The minimum atomic E-state index is -0.960. The first-order chi connectivity index (χ1) is 14.1. The van der Waals surface area contributed by atoms with Crippen molar-refractivity contribution in [2.24, 2.45) is 0 Å². The Kier molecular flexibility index (Phi) is 4.19. The Balaban J connectivity index is 1.72. The second kappa shape index (κ2) is 6.88. The molecule has 0 aliphatic heterocycles. The zero-order valence-corrected chi connectivity index (χ0v) is 16.0. The van der Waals surface area contributed by atoms with Crippen molar-refractivity contribution in [1.82, 2.24) is 29.5 Å². The third-order valence-electron chi connectivity index (χ3n) is 5.53. The third-order valence-corrected chi connectivity index (χ3v) is 5.53. The van der Waals surface area contributed by atoms with Crippen LogP contribution in [0.25, 0.3) is 33.7 Å². The van der Waals surface area contributed by atoms with E-state index in [1.54, 1.807) is 24.5 Å². The molecular weight excluding hydrogens is 368 g/mol. The van der Waals surface area contributed by atoms with E-state index >= 15 is 0 Å². The highest BCUT2D eigenvalue weighted by Crippen LogP contribution is 2.35. The Labute approximate surface area is 166 Å². The Morgan fingerprint density at radius 3 is 2.66 bits per heavy atom. The molecule has 1 aliphatic rings. The lowest BCUT2D eigenvalue weighted by Crippen LogP contribution is -2.14. The fourth-order valence-corrected chi connectivity index (χ4v) is 4.14. The van der Waals surface area contributed by atoms with Crippen molar-refractivity contribution in [2.75, 3.05) is 0 Å². The molecule has 0 bridgehead atoms. The van der Waals surface area contributed by atoms with Gasteiger partial charge in [0.05, 0.1) is 29.0 Å². The first-order valence-corrected chi connectivity index (χ1v) is 9.82. The van der Waals surface area contributed by atoms with E-state index in [1.807, 2.05) is 13.0 Å². The van der Waals surface area contributed by atoms with Crippen molar-refractivity contribution in [2.45, 2.75) is 45.1 Å². The number of hydrogen-bond acceptors (Lipinski definition) is 6. The summed E-state index contributed by atoms with van der Waals surface area (Å²) in [5, 5.41) is 9.36. The summed E-state index contributed by atoms with van der Waals surface area (Å²) < 4.78 is 2.21. The predicted molar refractivity (Wildman–Crippen MR) is 108 cm³/mol. The Hall–Kier alpha value is -3.42. The molecule has 0 amide bonds. The summed E-state index contributed by atoms with van der Waals surface area (Å²) >= 11 is 0. The molecule has 1 N–H and O–H groups in total. The van der Waals surface area contributed by atoms with E-state index in [0.717, 1.165) is 18.4 Å². The van der Waals surface area contributed by atoms with Gasteiger partial charge in [-0.25, -0.2) is 29.7 Å². The van der Waals surface area contributed by atoms with Crippen molar-refractivity contribution < 1.29 is 9.90 Å². The van der Waals surface area contributed by atoms with Crippen LogP contribution in [-0.2, 0) is 0 Å². The Bertz CT molecular complexity index is 1240. The molecular formula is C21H20N6O2. The van der Waals surface area contributed by atoms with Crippen molar-refractivity contribution in [3.05, 3.63) is 42.0 Å². The second-order valence-corrected chi connectivity index (χ2v) is 7.49. The van der Waals surface area contributed by atoms with Crippen molar-refractivity contribution >= 4 is 28.2 Å². The minimum Gasteiger partial charge on any atom is -0.478 e. The molecule has 8 nitrogen and oxygen atoms in total. The first-order valence-electron chi connectivity index (χ1n) is 9.82. The summed E-state index contributed by atoms with van der Waals surface area (Å²) in [7, 11) is 0. The van der Waals surface area contributed by atoms with Crippen LogP contribution in [0.4, 0.5) is 0 Å². The number of aromatic nitrogens is 6. The topological polar surface area (TPSA) is 107 Å². The molecule has 3 heterocycles. The maximum atomic E-state index is 11.4. The molecule has 0 radical (unpaired) electrons. The number of benzene rings is 1. The SMILES string of the molecule is Cc1ncc2nc(-c3nc4cc(C(=O)O)ccc4n3C3CCCCC3)cnc2n1. The summed E-state index contributed by atoms with van der Waals surface area (Å²) in [6.45, 7) is 1.82. The molecule has 1 fully saturated rings. The lowest BCUT2D eigenvalue weighted by atomic mass is 9.95. The van der Waals surface area contributed by atoms with Crippen LogP contribution in [0.2, 0.25) is 0 Å². The average molecular weight is 388 g/mol. The van der Waals surface area contributed by atoms with Crippen LogP contribution >= 0.6 is 0 Å². The normalized spacial score (nSPS) is 15.2. The quantitative estimate of drug-likeness (QED) is 0.566. The van der Waals surface area contributed by atoms with Gasteiger partial charge < -0.3 is 9.67 Å². The largest absolute Gasteiger partial charge is 0.478 e. The molecule has 8 heteroatoms. The van der Waals surface area contributed by atoms with Crippen LogP contribution in [0.5, 0.6) is 0 Å². The minimum absolute atomic E-state index is 0.228. The predicted octanol–water partition coefficient (Wildman–Crippen LogP) is 3.95. The number of nitrogens with zero attached hydrogens (tertiary/aromatic N) is 6. The van der Waals surface area contributed by atoms with Gasteiger partial charge in [0.1, 0.15) is 17.0 Å². The molecule has 3 aromatic heterocycles. The zero-order valence-electron chi connectivity index (χ0n) is 16.0. The molecule has 146 valence electrons. The van der Waals surface area contributed by atoms with E-state index < -0.39 is 5.97 Å². The number of aromatic carboxylic acids is 1. The summed E-state index contributed by atoms with van der Waals surface area (Å²) in [5.41, 5.74) is 3.62. The van der Waals surface area contributed by atoms with Gasteiger partial charge in [-0.05, 0) is 38.0 Å². The van der Waals surface area contributed by atoms with E-state index in [-0.39, 0.29) is 5.56 Å². The fourth-order valence-electron chi connectivity index (χ4n) is 4.14.